The molecule has 0 unspecified atom stereocenters. The van der Waals surface area contributed by atoms with Gasteiger partial charge in [0.1, 0.15) is 11.1 Å². The molecule has 0 bridgehead atoms. The molecule has 0 saturated carbocycles. The van der Waals surface area contributed by atoms with Gasteiger partial charge in [-0.15, -0.1) is 0 Å². The lowest BCUT2D eigenvalue weighted by Gasteiger charge is -2.01. The van der Waals surface area contributed by atoms with Crippen LogP contribution in [0.1, 0.15) is 5.56 Å². The van der Waals surface area contributed by atoms with Gasteiger partial charge in [-0.25, -0.2) is 4.68 Å². The zero-order valence-electron chi connectivity index (χ0n) is 13.1. The normalized spacial score (nSPS) is 11.1. The van der Waals surface area contributed by atoms with Gasteiger partial charge in [0.15, 0.2) is 0 Å². The fraction of sp³-hybridized carbons (Fsp3) is 0. The fourth-order valence-corrected chi connectivity index (χ4v) is 2.72. The van der Waals surface area contributed by atoms with Crippen LogP contribution >= 0.6 is 28.1 Å². The number of aromatic nitrogens is 2. The SMILES string of the molecule is N#CC(=Cc1cn(-c2ccccc2)nc1-c1ccc(Br)cc1)C(N)=S. The zero-order chi connectivity index (χ0) is 17.8. The van der Waals surface area contributed by atoms with Crippen molar-refractivity contribution in [3.05, 3.63) is 76.4 Å². The molecule has 122 valence electrons. The van der Waals surface area contributed by atoms with Crippen LogP contribution in [0.4, 0.5) is 0 Å². The maximum atomic E-state index is 9.26. The summed E-state index contributed by atoms with van der Waals surface area (Å²) in [5, 5.41) is 14.0. The van der Waals surface area contributed by atoms with E-state index in [0.717, 1.165) is 27.0 Å². The summed E-state index contributed by atoms with van der Waals surface area (Å²) in [5.74, 6) is 0. The number of para-hydroxylation sites is 1. The Morgan fingerprint density at radius 3 is 2.44 bits per heavy atom. The molecule has 0 spiro atoms. The molecule has 2 aromatic carbocycles. The van der Waals surface area contributed by atoms with E-state index in [9.17, 15) is 5.26 Å². The average molecular weight is 409 g/mol. The zero-order valence-corrected chi connectivity index (χ0v) is 15.5. The molecule has 0 atom stereocenters. The summed E-state index contributed by atoms with van der Waals surface area (Å²) in [6.07, 6.45) is 3.54. The van der Waals surface area contributed by atoms with Gasteiger partial charge in [0.25, 0.3) is 0 Å². The van der Waals surface area contributed by atoms with Crippen LogP contribution in [0.2, 0.25) is 0 Å². The first kappa shape index (κ1) is 17.1. The minimum atomic E-state index is 0.0664. The first-order chi connectivity index (χ1) is 12.1. The number of benzene rings is 2. The summed E-state index contributed by atoms with van der Waals surface area (Å²) in [4.78, 5) is 0.0664. The predicted molar refractivity (Wildman–Crippen MR) is 107 cm³/mol. The average Bonchev–Trinajstić information content (AvgIpc) is 3.04. The molecule has 0 fully saturated rings. The Morgan fingerprint density at radius 1 is 1.16 bits per heavy atom. The minimum Gasteiger partial charge on any atom is -0.389 e. The van der Waals surface area contributed by atoms with Crippen LogP contribution in [0.3, 0.4) is 0 Å². The van der Waals surface area contributed by atoms with Gasteiger partial charge < -0.3 is 5.73 Å². The number of nitriles is 1. The molecular formula is C19H13BrN4S. The highest BCUT2D eigenvalue weighted by atomic mass is 79.9. The van der Waals surface area contributed by atoms with Gasteiger partial charge in [0, 0.05) is 21.8 Å². The fourth-order valence-electron chi connectivity index (χ4n) is 2.35. The first-order valence-electron chi connectivity index (χ1n) is 7.41. The van der Waals surface area contributed by atoms with E-state index < -0.39 is 0 Å². The third-order valence-corrected chi connectivity index (χ3v) is 4.32. The monoisotopic (exact) mass is 408 g/mol. The summed E-state index contributed by atoms with van der Waals surface area (Å²) in [6, 6.07) is 19.6. The summed E-state index contributed by atoms with van der Waals surface area (Å²) in [7, 11) is 0. The maximum Gasteiger partial charge on any atom is 0.114 e. The highest BCUT2D eigenvalue weighted by Gasteiger charge is 2.12. The van der Waals surface area contributed by atoms with Gasteiger partial charge in [-0.2, -0.15) is 10.4 Å². The third-order valence-electron chi connectivity index (χ3n) is 3.57. The lowest BCUT2D eigenvalue weighted by molar-refractivity contribution is 0.884. The van der Waals surface area contributed by atoms with Crippen molar-refractivity contribution in [2.24, 2.45) is 5.73 Å². The van der Waals surface area contributed by atoms with Crippen molar-refractivity contribution in [2.45, 2.75) is 0 Å². The quantitative estimate of drug-likeness (QED) is 0.392. The summed E-state index contributed by atoms with van der Waals surface area (Å²) in [6.45, 7) is 0. The number of thiocarbonyl (C=S) groups is 1. The molecule has 0 aliphatic heterocycles. The molecule has 2 N–H and O–H groups in total. The van der Waals surface area contributed by atoms with Crippen LogP contribution in [-0.2, 0) is 0 Å². The summed E-state index contributed by atoms with van der Waals surface area (Å²) >= 11 is 8.38. The molecule has 0 aliphatic carbocycles. The molecule has 6 heteroatoms. The van der Waals surface area contributed by atoms with Crippen LogP contribution in [0.5, 0.6) is 0 Å². The third kappa shape index (κ3) is 3.85. The summed E-state index contributed by atoms with van der Waals surface area (Å²) in [5.41, 5.74) is 9.26. The molecule has 3 rings (SSSR count). The standard InChI is InChI=1S/C19H13BrN4S/c20-16-8-6-13(7-9-16)18-15(10-14(11-21)19(22)25)12-24(23-18)17-4-2-1-3-5-17/h1-10,12H,(H2,22,25). The Labute approximate surface area is 159 Å². The van der Waals surface area contributed by atoms with Gasteiger partial charge in [-0.05, 0) is 30.3 Å². The predicted octanol–water partition coefficient (Wildman–Crippen LogP) is 4.49. The Kier molecular flexibility index (Phi) is 5.08. The number of hydrogen-bond acceptors (Lipinski definition) is 3. The van der Waals surface area contributed by atoms with Gasteiger partial charge in [-0.3, -0.25) is 0 Å². The van der Waals surface area contributed by atoms with Crippen molar-refractivity contribution in [1.82, 2.24) is 9.78 Å². The van der Waals surface area contributed by atoms with Gasteiger partial charge >= 0.3 is 0 Å². The largest absolute Gasteiger partial charge is 0.389 e. The molecule has 3 aromatic rings. The van der Waals surface area contributed by atoms with E-state index in [1.54, 1.807) is 10.8 Å². The molecule has 4 nitrogen and oxygen atoms in total. The van der Waals surface area contributed by atoms with Crippen molar-refractivity contribution in [3.8, 4) is 23.0 Å². The van der Waals surface area contributed by atoms with E-state index >= 15 is 0 Å². The van der Waals surface area contributed by atoms with Gasteiger partial charge in [-0.1, -0.05) is 58.5 Å². The van der Waals surface area contributed by atoms with Crippen molar-refractivity contribution < 1.29 is 0 Å². The van der Waals surface area contributed by atoms with Crippen LogP contribution in [0.25, 0.3) is 23.0 Å². The number of rotatable bonds is 4. The molecule has 1 heterocycles. The van der Waals surface area contributed by atoms with Crippen molar-refractivity contribution in [3.63, 3.8) is 0 Å². The topological polar surface area (TPSA) is 67.6 Å². The second kappa shape index (κ2) is 7.43. The van der Waals surface area contributed by atoms with Crippen LogP contribution in [-0.4, -0.2) is 14.8 Å². The van der Waals surface area contributed by atoms with Crippen molar-refractivity contribution in [2.75, 3.05) is 0 Å². The van der Waals surface area contributed by atoms with Crippen LogP contribution in [0.15, 0.2) is 70.8 Å². The summed E-state index contributed by atoms with van der Waals surface area (Å²) < 4.78 is 2.76. The smallest absolute Gasteiger partial charge is 0.114 e. The second-order valence-electron chi connectivity index (χ2n) is 5.25. The van der Waals surface area contributed by atoms with E-state index in [2.05, 4.69) is 15.9 Å². The molecule has 0 radical (unpaired) electrons. The lowest BCUT2D eigenvalue weighted by Crippen LogP contribution is -2.09. The van der Waals surface area contributed by atoms with Gasteiger partial charge in [0.2, 0.25) is 0 Å². The van der Waals surface area contributed by atoms with E-state index in [1.165, 1.54) is 0 Å². The number of halogens is 1. The van der Waals surface area contributed by atoms with Crippen molar-refractivity contribution >= 4 is 39.2 Å². The highest BCUT2D eigenvalue weighted by molar-refractivity contribution is 9.10. The molecule has 0 saturated heterocycles. The molecule has 25 heavy (non-hydrogen) atoms. The van der Waals surface area contributed by atoms with E-state index in [0.29, 0.717) is 0 Å². The Balaban J connectivity index is 2.18. The molecule has 1 aromatic heterocycles. The molecule has 0 amide bonds. The van der Waals surface area contributed by atoms with Gasteiger partial charge in [0.05, 0.1) is 17.0 Å². The Morgan fingerprint density at radius 2 is 1.84 bits per heavy atom. The second-order valence-corrected chi connectivity index (χ2v) is 6.61. The number of nitrogens with zero attached hydrogens (tertiary/aromatic N) is 3. The van der Waals surface area contributed by atoms with E-state index in [4.69, 9.17) is 23.1 Å². The Bertz CT molecular complexity index is 983. The Hall–Kier alpha value is -2.75. The van der Waals surface area contributed by atoms with Crippen LogP contribution in [0, 0.1) is 11.3 Å². The first-order valence-corrected chi connectivity index (χ1v) is 8.61. The molecule has 0 aliphatic rings. The molecular weight excluding hydrogens is 396 g/mol. The van der Waals surface area contributed by atoms with E-state index in [1.807, 2.05) is 66.9 Å². The minimum absolute atomic E-state index is 0.0664. The number of hydrogen-bond donors (Lipinski definition) is 1. The lowest BCUT2D eigenvalue weighted by atomic mass is 10.1. The van der Waals surface area contributed by atoms with E-state index in [-0.39, 0.29) is 10.6 Å². The maximum absolute atomic E-state index is 9.26. The number of nitrogens with two attached hydrogens (primary N) is 1. The van der Waals surface area contributed by atoms with Crippen molar-refractivity contribution in [1.29, 1.82) is 5.26 Å². The van der Waals surface area contributed by atoms with Crippen LogP contribution < -0.4 is 5.73 Å². The highest BCUT2D eigenvalue weighted by Crippen LogP contribution is 2.27.